The monoisotopic (exact) mass is 473 g/mol. The van der Waals surface area contributed by atoms with Crippen LogP contribution >= 0.6 is 15.9 Å². The quantitative estimate of drug-likeness (QED) is 0.677. The number of hydrogen-bond acceptors (Lipinski definition) is 3. The summed E-state index contributed by atoms with van der Waals surface area (Å²) in [4.78, 5) is 28.7. The van der Waals surface area contributed by atoms with Crippen LogP contribution < -0.4 is 10.1 Å². The minimum absolute atomic E-state index is 0.0687. The molecule has 0 aliphatic carbocycles. The second-order valence-electron chi connectivity index (χ2n) is 7.61. The van der Waals surface area contributed by atoms with Crippen LogP contribution in [0.15, 0.2) is 46.9 Å². The molecule has 160 valence electrons. The Hall–Kier alpha value is -2.54. The number of anilines is 1. The number of piperidine rings is 1. The highest BCUT2D eigenvalue weighted by atomic mass is 79.9. The summed E-state index contributed by atoms with van der Waals surface area (Å²) in [5, 5.41) is 3.05. The second-order valence-corrected chi connectivity index (χ2v) is 8.46. The highest BCUT2D eigenvalue weighted by Crippen LogP contribution is 2.24. The molecule has 7 heteroatoms. The van der Waals surface area contributed by atoms with E-state index in [1.165, 1.54) is 0 Å². The van der Waals surface area contributed by atoms with Crippen LogP contribution in [0.25, 0.3) is 0 Å². The van der Waals surface area contributed by atoms with Gasteiger partial charge in [0.05, 0.1) is 7.11 Å². The Bertz CT molecular complexity index is 893. The van der Waals surface area contributed by atoms with Gasteiger partial charge in [-0.05, 0) is 61.2 Å². The van der Waals surface area contributed by atoms with E-state index < -0.39 is 0 Å². The standard InChI is InChI=1S/C23H28BrN3O3/c1-16-14-19(6-9-22(16)24)25-23(29)27(15-18-4-7-21(30-3)8-5-18)20-10-12-26(13-11-20)17(2)28/h4-9,14,20H,10-13,15H2,1-3H3,(H,25,29). The number of halogens is 1. The van der Waals surface area contributed by atoms with E-state index >= 15 is 0 Å². The number of rotatable bonds is 5. The van der Waals surface area contributed by atoms with Gasteiger partial charge in [-0.1, -0.05) is 28.1 Å². The van der Waals surface area contributed by atoms with Gasteiger partial charge in [0.1, 0.15) is 5.75 Å². The molecule has 0 spiro atoms. The van der Waals surface area contributed by atoms with Crippen LogP contribution in [0.2, 0.25) is 0 Å². The zero-order chi connectivity index (χ0) is 21.7. The molecule has 1 saturated heterocycles. The first-order valence-corrected chi connectivity index (χ1v) is 10.9. The van der Waals surface area contributed by atoms with E-state index in [1.54, 1.807) is 14.0 Å². The predicted octanol–water partition coefficient (Wildman–Crippen LogP) is 4.81. The molecule has 0 bridgehead atoms. The Morgan fingerprint density at radius 1 is 1.17 bits per heavy atom. The first kappa shape index (κ1) is 22.2. The zero-order valence-electron chi connectivity index (χ0n) is 17.7. The van der Waals surface area contributed by atoms with E-state index in [0.29, 0.717) is 19.6 Å². The number of amides is 3. The minimum atomic E-state index is -0.131. The van der Waals surface area contributed by atoms with Crippen LogP contribution in [0, 0.1) is 6.92 Å². The van der Waals surface area contributed by atoms with Crippen molar-refractivity contribution in [3.63, 3.8) is 0 Å². The molecule has 2 aromatic rings. The lowest BCUT2D eigenvalue weighted by Gasteiger charge is -2.38. The fourth-order valence-electron chi connectivity index (χ4n) is 3.70. The Balaban J connectivity index is 1.77. The van der Waals surface area contributed by atoms with Gasteiger partial charge >= 0.3 is 6.03 Å². The number of nitrogens with one attached hydrogen (secondary N) is 1. The molecule has 0 atom stereocenters. The number of urea groups is 1. The lowest BCUT2D eigenvalue weighted by molar-refractivity contribution is -0.130. The summed E-state index contributed by atoms with van der Waals surface area (Å²) in [5.41, 5.74) is 2.86. The van der Waals surface area contributed by atoms with Gasteiger partial charge < -0.3 is 19.9 Å². The van der Waals surface area contributed by atoms with E-state index in [4.69, 9.17) is 4.74 Å². The molecule has 2 aromatic carbocycles. The van der Waals surface area contributed by atoms with Crippen LogP contribution in [0.1, 0.15) is 30.9 Å². The molecule has 0 unspecified atom stereocenters. The summed E-state index contributed by atoms with van der Waals surface area (Å²) in [6, 6.07) is 13.5. The van der Waals surface area contributed by atoms with E-state index in [-0.39, 0.29) is 18.0 Å². The smallest absolute Gasteiger partial charge is 0.322 e. The number of aryl methyl sites for hydroxylation is 1. The molecule has 6 nitrogen and oxygen atoms in total. The van der Waals surface area contributed by atoms with Crippen LogP contribution in [0.5, 0.6) is 5.75 Å². The number of carbonyl (C=O) groups is 2. The zero-order valence-corrected chi connectivity index (χ0v) is 19.2. The minimum Gasteiger partial charge on any atom is -0.497 e. The van der Waals surface area contributed by atoms with Gasteiger partial charge in [0.15, 0.2) is 0 Å². The van der Waals surface area contributed by atoms with Crippen LogP contribution in [-0.4, -0.2) is 48.0 Å². The Morgan fingerprint density at radius 3 is 2.40 bits per heavy atom. The van der Waals surface area contributed by atoms with E-state index in [1.807, 2.05) is 59.2 Å². The third kappa shape index (κ3) is 5.53. The number of likely N-dealkylation sites (tertiary alicyclic amines) is 1. The molecule has 1 heterocycles. The third-order valence-corrected chi connectivity index (χ3v) is 6.42. The maximum absolute atomic E-state index is 13.2. The van der Waals surface area contributed by atoms with Crippen molar-refractivity contribution in [2.24, 2.45) is 0 Å². The summed E-state index contributed by atoms with van der Waals surface area (Å²) in [6.45, 7) is 5.42. The summed E-state index contributed by atoms with van der Waals surface area (Å²) in [7, 11) is 1.64. The molecule has 1 aliphatic rings. The maximum atomic E-state index is 13.2. The highest BCUT2D eigenvalue weighted by molar-refractivity contribution is 9.10. The number of hydrogen-bond donors (Lipinski definition) is 1. The first-order valence-electron chi connectivity index (χ1n) is 10.1. The van der Waals surface area contributed by atoms with Crippen molar-refractivity contribution in [2.45, 2.75) is 39.3 Å². The second kappa shape index (κ2) is 9.98. The van der Waals surface area contributed by atoms with Gasteiger partial charge in [-0.2, -0.15) is 0 Å². The predicted molar refractivity (Wildman–Crippen MR) is 122 cm³/mol. The Kier molecular flexibility index (Phi) is 7.37. The fraction of sp³-hybridized carbons (Fsp3) is 0.391. The molecule has 0 saturated carbocycles. The summed E-state index contributed by atoms with van der Waals surface area (Å²) < 4.78 is 6.24. The average molecular weight is 474 g/mol. The molecule has 3 amide bonds. The van der Waals surface area contributed by atoms with Gasteiger partial charge in [0.2, 0.25) is 5.91 Å². The molecule has 0 aromatic heterocycles. The van der Waals surface area contributed by atoms with E-state index in [0.717, 1.165) is 39.9 Å². The third-order valence-electron chi connectivity index (χ3n) is 5.53. The molecule has 1 fully saturated rings. The van der Waals surface area contributed by atoms with Crippen LogP contribution in [-0.2, 0) is 11.3 Å². The van der Waals surface area contributed by atoms with Gasteiger partial charge in [0, 0.05) is 42.8 Å². The van der Waals surface area contributed by atoms with Crippen molar-refractivity contribution in [3.8, 4) is 5.75 Å². The van der Waals surface area contributed by atoms with E-state index in [2.05, 4.69) is 21.2 Å². The average Bonchev–Trinajstić information content (AvgIpc) is 2.75. The van der Waals surface area contributed by atoms with Crippen molar-refractivity contribution >= 4 is 33.6 Å². The van der Waals surface area contributed by atoms with Crippen molar-refractivity contribution < 1.29 is 14.3 Å². The number of benzene rings is 2. The van der Waals surface area contributed by atoms with Crippen molar-refractivity contribution in [1.82, 2.24) is 9.80 Å². The molecule has 1 aliphatic heterocycles. The summed E-state index contributed by atoms with van der Waals surface area (Å²) in [6.07, 6.45) is 1.53. The Labute approximate surface area is 186 Å². The molecule has 0 radical (unpaired) electrons. The Morgan fingerprint density at radius 2 is 1.83 bits per heavy atom. The van der Waals surface area contributed by atoms with Gasteiger partial charge in [-0.15, -0.1) is 0 Å². The fourth-order valence-corrected chi connectivity index (χ4v) is 3.95. The SMILES string of the molecule is COc1ccc(CN(C(=O)Nc2ccc(Br)c(C)c2)C2CCN(C(C)=O)CC2)cc1. The summed E-state index contributed by atoms with van der Waals surface area (Å²) in [5.74, 6) is 0.875. The number of methoxy groups -OCH3 is 1. The normalized spacial score (nSPS) is 14.3. The van der Waals surface area contributed by atoms with Gasteiger partial charge in [-0.3, -0.25) is 4.79 Å². The van der Waals surface area contributed by atoms with Crippen molar-refractivity contribution in [2.75, 3.05) is 25.5 Å². The van der Waals surface area contributed by atoms with Crippen molar-refractivity contribution in [1.29, 1.82) is 0 Å². The maximum Gasteiger partial charge on any atom is 0.322 e. The van der Waals surface area contributed by atoms with E-state index in [9.17, 15) is 9.59 Å². The van der Waals surface area contributed by atoms with Crippen molar-refractivity contribution in [3.05, 3.63) is 58.1 Å². The lowest BCUT2D eigenvalue weighted by atomic mass is 10.0. The summed E-state index contributed by atoms with van der Waals surface area (Å²) >= 11 is 3.49. The van der Waals surface area contributed by atoms with Gasteiger partial charge in [0.25, 0.3) is 0 Å². The van der Waals surface area contributed by atoms with Crippen LogP contribution in [0.4, 0.5) is 10.5 Å². The highest BCUT2D eigenvalue weighted by Gasteiger charge is 2.29. The molecule has 30 heavy (non-hydrogen) atoms. The van der Waals surface area contributed by atoms with Crippen LogP contribution in [0.3, 0.4) is 0 Å². The molecular formula is C23H28BrN3O3. The molecular weight excluding hydrogens is 446 g/mol. The number of carbonyl (C=O) groups excluding carboxylic acids is 2. The lowest BCUT2D eigenvalue weighted by Crippen LogP contribution is -2.49. The topological polar surface area (TPSA) is 61.9 Å². The number of ether oxygens (including phenoxy) is 1. The number of nitrogens with zero attached hydrogens (tertiary/aromatic N) is 2. The molecule has 3 rings (SSSR count). The first-order chi connectivity index (χ1) is 14.4. The largest absolute Gasteiger partial charge is 0.497 e. The molecule has 1 N–H and O–H groups in total. The van der Waals surface area contributed by atoms with Gasteiger partial charge in [-0.25, -0.2) is 4.79 Å².